The zero-order valence-corrected chi connectivity index (χ0v) is 12.7. The Hall–Kier alpha value is -0.730. The number of nitrogens with one attached hydrogen (secondary N) is 1. The van der Waals surface area contributed by atoms with Crippen molar-refractivity contribution in [2.24, 2.45) is 5.92 Å². The summed E-state index contributed by atoms with van der Waals surface area (Å²) in [5, 5.41) is 4.38. The van der Waals surface area contributed by atoms with E-state index in [1.54, 1.807) is 0 Å². The van der Waals surface area contributed by atoms with Crippen molar-refractivity contribution in [3.8, 4) is 5.75 Å². The first-order valence-corrected chi connectivity index (χ1v) is 7.65. The van der Waals surface area contributed by atoms with Crippen LogP contribution in [0.4, 0.5) is 0 Å². The number of ether oxygens (including phenoxy) is 1. The highest BCUT2D eigenvalue weighted by atomic mass is 35.5. The third-order valence-corrected chi connectivity index (χ3v) is 4.37. The average molecular weight is 282 g/mol. The van der Waals surface area contributed by atoms with Gasteiger partial charge in [-0.25, -0.2) is 0 Å². The monoisotopic (exact) mass is 281 g/mol. The van der Waals surface area contributed by atoms with Gasteiger partial charge in [-0.1, -0.05) is 18.5 Å². The van der Waals surface area contributed by atoms with Crippen molar-refractivity contribution in [2.45, 2.75) is 45.6 Å². The van der Waals surface area contributed by atoms with Crippen LogP contribution in [0.1, 0.15) is 38.2 Å². The minimum absolute atomic E-state index is 0.687. The summed E-state index contributed by atoms with van der Waals surface area (Å²) < 4.78 is 5.73. The number of benzene rings is 1. The van der Waals surface area contributed by atoms with E-state index in [2.05, 4.69) is 12.2 Å². The van der Waals surface area contributed by atoms with Gasteiger partial charge in [0.15, 0.2) is 0 Å². The van der Waals surface area contributed by atoms with Gasteiger partial charge in [-0.2, -0.15) is 0 Å². The van der Waals surface area contributed by atoms with E-state index in [-0.39, 0.29) is 0 Å². The number of aryl methyl sites for hydroxylation is 1. The predicted molar refractivity (Wildman–Crippen MR) is 81.1 cm³/mol. The molecule has 0 radical (unpaired) electrons. The zero-order chi connectivity index (χ0) is 13.7. The molecule has 1 N–H and O–H groups in total. The first-order chi connectivity index (χ1) is 9.15. The standard InChI is InChI=1S/C16H24ClNO/c1-12-3-5-14(6-4-12)18-9-10-19-15-7-8-16(17)13(2)11-15/h7-8,11-12,14,18H,3-6,9-10H2,1-2H3. The lowest BCUT2D eigenvalue weighted by Gasteiger charge is -2.27. The molecule has 3 heteroatoms. The first-order valence-electron chi connectivity index (χ1n) is 7.27. The van der Waals surface area contributed by atoms with Crippen molar-refractivity contribution in [1.82, 2.24) is 5.32 Å². The maximum absolute atomic E-state index is 5.99. The number of halogens is 1. The normalized spacial score (nSPS) is 23.3. The molecule has 1 aromatic rings. The SMILES string of the molecule is Cc1cc(OCCNC2CCC(C)CC2)ccc1Cl. The van der Waals surface area contributed by atoms with Crippen molar-refractivity contribution in [2.75, 3.05) is 13.2 Å². The topological polar surface area (TPSA) is 21.3 Å². The van der Waals surface area contributed by atoms with Gasteiger partial charge in [0, 0.05) is 17.6 Å². The molecule has 0 heterocycles. The Morgan fingerprint density at radius 3 is 2.68 bits per heavy atom. The largest absolute Gasteiger partial charge is 0.492 e. The highest BCUT2D eigenvalue weighted by molar-refractivity contribution is 6.31. The van der Waals surface area contributed by atoms with Gasteiger partial charge in [0.2, 0.25) is 0 Å². The van der Waals surface area contributed by atoms with Crippen LogP contribution in [0, 0.1) is 12.8 Å². The number of rotatable bonds is 5. The zero-order valence-electron chi connectivity index (χ0n) is 11.9. The number of hydrogen-bond donors (Lipinski definition) is 1. The summed E-state index contributed by atoms with van der Waals surface area (Å²) >= 11 is 5.99. The van der Waals surface area contributed by atoms with Crippen LogP contribution < -0.4 is 10.1 Å². The molecule has 2 rings (SSSR count). The molecule has 1 aliphatic carbocycles. The maximum Gasteiger partial charge on any atom is 0.119 e. The van der Waals surface area contributed by atoms with Crippen molar-refractivity contribution in [3.05, 3.63) is 28.8 Å². The molecular weight excluding hydrogens is 258 g/mol. The predicted octanol–water partition coefficient (Wildman–Crippen LogP) is 4.20. The van der Waals surface area contributed by atoms with Crippen LogP contribution in [0.2, 0.25) is 5.02 Å². The lowest BCUT2D eigenvalue weighted by atomic mass is 9.87. The third-order valence-electron chi connectivity index (χ3n) is 3.95. The molecule has 1 aromatic carbocycles. The lowest BCUT2D eigenvalue weighted by Crippen LogP contribution is -2.35. The molecule has 1 fully saturated rings. The Morgan fingerprint density at radius 1 is 1.26 bits per heavy atom. The second-order valence-corrected chi connectivity index (χ2v) is 6.08. The molecule has 19 heavy (non-hydrogen) atoms. The van der Waals surface area contributed by atoms with Crippen LogP contribution in [-0.2, 0) is 0 Å². The highest BCUT2D eigenvalue weighted by Crippen LogP contribution is 2.23. The van der Waals surface area contributed by atoms with Crippen molar-refractivity contribution < 1.29 is 4.74 Å². The first kappa shape index (κ1) is 14.7. The van der Waals surface area contributed by atoms with Gasteiger partial charge < -0.3 is 10.1 Å². The summed E-state index contributed by atoms with van der Waals surface area (Å²) in [7, 11) is 0. The minimum Gasteiger partial charge on any atom is -0.492 e. The molecule has 0 bridgehead atoms. The molecule has 106 valence electrons. The molecule has 0 saturated heterocycles. The molecule has 0 atom stereocenters. The molecule has 0 spiro atoms. The van der Waals surface area contributed by atoms with E-state index in [0.29, 0.717) is 12.6 Å². The lowest BCUT2D eigenvalue weighted by molar-refractivity contribution is 0.270. The fourth-order valence-corrected chi connectivity index (χ4v) is 2.72. The Morgan fingerprint density at radius 2 is 2.00 bits per heavy atom. The van der Waals surface area contributed by atoms with E-state index in [1.165, 1.54) is 25.7 Å². The Kier molecular flexibility index (Phi) is 5.53. The van der Waals surface area contributed by atoms with E-state index >= 15 is 0 Å². The van der Waals surface area contributed by atoms with Gasteiger partial charge in [-0.15, -0.1) is 0 Å². The summed E-state index contributed by atoms with van der Waals surface area (Å²) in [4.78, 5) is 0. The summed E-state index contributed by atoms with van der Waals surface area (Å²) in [6, 6.07) is 6.50. The van der Waals surface area contributed by atoms with Gasteiger partial charge in [0.05, 0.1) is 0 Å². The van der Waals surface area contributed by atoms with Crippen molar-refractivity contribution in [1.29, 1.82) is 0 Å². The number of hydrogen-bond acceptors (Lipinski definition) is 2. The summed E-state index contributed by atoms with van der Waals surface area (Å²) in [5.41, 5.74) is 1.06. The Labute approximate surface area is 121 Å². The van der Waals surface area contributed by atoms with E-state index < -0.39 is 0 Å². The van der Waals surface area contributed by atoms with Gasteiger partial charge in [-0.05, 0) is 62.3 Å². The molecule has 0 aliphatic heterocycles. The second kappa shape index (κ2) is 7.16. The van der Waals surface area contributed by atoms with Gasteiger partial charge in [0.25, 0.3) is 0 Å². The van der Waals surface area contributed by atoms with E-state index in [9.17, 15) is 0 Å². The van der Waals surface area contributed by atoms with E-state index in [1.807, 2.05) is 25.1 Å². The van der Waals surface area contributed by atoms with Gasteiger partial charge >= 0.3 is 0 Å². The Balaban J connectivity index is 1.65. The fourth-order valence-electron chi connectivity index (χ4n) is 2.60. The van der Waals surface area contributed by atoms with Crippen molar-refractivity contribution >= 4 is 11.6 Å². The quantitative estimate of drug-likeness (QED) is 0.817. The van der Waals surface area contributed by atoms with Crippen LogP contribution in [0.15, 0.2) is 18.2 Å². The molecule has 0 aromatic heterocycles. The molecular formula is C16H24ClNO. The summed E-state index contributed by atoms with van der Waals surface area (Å²) in [6.07, 6.45) is 5.33. The van der Waals surface area contributed by atoms with Crippen LogP contribution in [-0.4, -0.2) is 19.2 Å². The van der Waals surface area contributed by atoms with Crippen LogP contribution in [0.5, 0.6) is 5.75 Å². The van der Waals surface area contributed by atoms with Crippen LogP contribution >= 0.6 is 11.6 Å². The van der Waals surface area contributed by atoms with Gasteiger partial charge in [-0.3, -0.25) is 0 Å². The molecule has 1 aliphatic rings. The third kappa shape index (κ3) is 4.70. The minimum atomic E-state index is 0.687. The van der Waals surface area contributed by atoms with Crippen LogP contribution in [0.3, 0.4) is 0 Å². The second-order valence-electron chi connectivity index (χ2n) is 5.67. The molecule has 0 amide bonds. The smallest absolute Gasteiger partial charge is 0.119 e. The van der Waals surface area contributed by atoms with Gasteiger partial charge in [0.1, 0.15) is 12.4 Å². The Bertz CT molecular complexity index is 400. The van der Waals surface area contributed by atoms with Crippen LogP contribution in [0.25, 0.3) is 0 Å². The molecule has 0 unspecified atom stereocenters. The van der Waals surface area contributed by atoms with E-state index in [4.69, 9.17) is 16.3 Å². The van der Waals surface area contributed by atoms with Crippen molar-refractivity contribution in [3.63, 3.8) is 0 Å². The maximum atomic E-state index is 5.99. The molecule has 1 saturated carbocycles. The summed E-state index contributed by atoms with van der Waals surface area (Å²) in [5.74, 6) is 1.81. The average Bonchev–Trinajstić information content (AvgIpc) is 2.41. The van der Waals surface area contributed by atoms with E-state index in [0.717, 1.165) is 28.8 Å². The molecule has 2 nitrogen and oxygen atoms in total. The summed E-state index contributed by atoms with van der Waals surface area (Å²) in [6.45, 7) is 5.98. The fraction of sp³-hybridized carbons (Fsp3) is 0.625. The highest BCUT2D eigenvalue weighted by Gasteiger charge is 2.17.